The highest BCUT2D eigenvalue weighted by Gasteiger charge is 2.07. The second-order valence-electron chi connectivity index (χ2n) is 3.75. The molecule has 0 unspecified atom stereocenters. The van der Waals surface area contributed by atoms with Gasteiger partial charge in [-0.2, -0.15) is 0 Å². The standard InChI is InChI=1S/C12H17NO4S/c1-2-3-6-17-8-11(14)13-7-9-4-5-10(18-9)12(15)16/h4-5H,2-3,6-8H2,1H3,(H,13,14)(H,15,16). The van der Waals surface area contributed by atoms with Crippen LogP contribution in [-0.2, 0) is 16.1 Å². The van der Waals surface area contributed by atoms with Gasteiger partial charge in [0.25, 0.3) is 0 Å². The normalized spacial score (nSPS) is 10.3. The number of unbranched alkanes of at least 4 members (excludes halogenated alkanes) is 1. The summed E-state index contributed by atoms with van der Waals surface area (Å²) in [5.74, 6) is -1.13. The number of aromatic carboxylic acids is 1. The first-order valence-electron chi connectivity index (χ1n) is 5.80. The Morgan fingerprint density at radius 1 is 1.44 bits per heavy atom. The van der Waals surface area contributed by atoms with Crippen molar-refractivity contribution in [3.05, 3.63) is 21.9 Å². The van der Waals surface area contributed by atoms with E-state index in [0.29, 0.717) is 13.2 Å². The van der Waals surface area contributed by atoms with Gasteiger partial charge in [-0.05, 0) is 18.6 Å². The van der Waals surface area contributed by atoms with Crippen molar-refractivity contribution in [1.29, 1.82) is 0 Å². The van der Waals surface area contributed by atoms with Gasteiger partial charge >= 0.3 is 5.97 Å². The van der Waals surface area contributed by atoms with E-state index in [1.54, 1.807) is 6.07 Å². The van der Waals surface area contributed by atoms with E-state index in [1.807, 2.05) is 0 Å². The first-order chi connectivity index (χ1) is 8.63. The van der Waals surface area contributed by atoms with Crippen molar-refractivity contribution in [3.63, 3.8) is 0 Å². The lowest BCUT2D eigenvalue weighted by molar-refractivity contribution is -0.125. The van der Waals surface area contributed by atoms with Gasteiger partial charge in [-0.15, -0.1) is 11.3 Å². The second kappa shape index (κ2) is 7.84. The number of ether oxygens (including phenoxy) is 1. The number of nitrogens with one attached hydrogen (secondary N) is 1. The number of carboxylic acid groups (broad SMARTS) is 1. The van der Waals surface area contributed by atoms with E-state index in [0.717, 1.165) is 29.1 Å². The molecule has 1 heterocycles. The van der Waals surface area contributed by atoms with Crippen LogP contribution in [0.5, 0.6) is 0 Å². The molecule has 0 aliphatic carbocycles. The van der Waals surface area contributed by atoms with E-state index in [2.05, 4.69) is 12.2 Å². The molecule has 18 heavy (non-hydrogen) atoms. The molecule has 100 valence electrons. The predicted octanol–water partition coefficient (Wildman–Crippen LogP) is 1.88. The average molecular weight is 271 g/mol. The minimum absolute atomic E-state index is 0.0527. The lowest BCUT2D eigenvalue weighted by Gasteiger charge is -2.04. The highest BCUT2D eigenvalue weighted by molar-refractivity contribution is 7.13. The van der Waals surface area contributed by atoms with Crippen LogP contribution < -0.4 is 5.32 Å². The maximum Gasteiger partial charge on any atom is 0.345 e. The van der Waals surface area contributed by atoms with Crippen molar-refractivity contribution in [2.75, 3.05) is 13.2 Å². The number of thiophene rings is 1. The van der Waals surface area contributed by atoms with Crippen LogP contribution in [0.4, 0.5) is 0 Å². The van der Waals surface area contributed by atoms with Gasteiger partial charge in [0, 0.05) is 11.5 Å². The summed E-state index contributed by atoms with van der Waals surface area (Å²) in [5.41, 5.74) is 0. The van der Waals surface area contributed by atoms with Crippen LogP contribution in [0.3, 0.4) is 0 Å². The van der Waals surface area contributed by atoms with E-state index >= 15 is 0 Å². The summed E-state index contributed by atoms with van der Waals surface area (Å²) < 4.78 is 5.16. The quantitative estimate of drug-likeness (QED) is 0.708. The largest absolute Gasteiger partial charge is 0.477 e. The van der Waals surface area contributed by atoms with Crippen molar-refractivity contribution >= 4 is 23.2 Å². The number of carbonyl (C=O) groups excluding carboxylic acids is 1. The van der Waals surface area contributed by atoms with Crippen molar-refractivity contribution < 1.29 is 19.4 Å². The molecular formula is C12H17NO4S. The SMILES string of the molecule is CCCCOCC(=O)NCc1ccc(C(=O)O)s1. The van der Waals surface area contributed by atoms with Crippen LogP contribution in [0.2, 0.25) is 0 Å². The van der Waals surface area contributed by atoms with Crippen LogP contribution in [0, 0.1) is 0 Å². The molecule has 1 rings (SSSR count). The van der Waals surface area contributed by atoms with Gasteiger partial charge in [-0.25, -0.2) is 4.79 Å². The number of carboxylic acids is 1. The first kappa shape index (κ1) is 14.7. The van der Waals surface area contributed by atoms with Crippen LogP contribution in [0.15, 0.2) is 12.1 Å². The summed E-state index contributed by atoms with van der Waals surface area (Å²) in [4.78, 5) is 23.1. The summed E-state index contributed by atoms with van der Waals surface area (Å²) in [6, 6.07) is 3.23. The molecule has 0 saturated heterocycles. The number of rotatable bonds is 8. The molecule has 0 atom stereocenters. The fraction of sp³-hybridized carbons (Fsp3) is 0.500. The fourth-order valence-electron chi connectivity index (χ4n) is 1.24. The van der Waals surface area contributed by atoms with Gasteiger partial charge in [-0.1, -0.05) is 13.3 Å². The molecule has 1 amide bonds. The highest BCUT2D eigenvalue weighted by Crippen LogP contribution is 2.15. The Labute approximate surface area is 110 Å². The van der Waals surface area contributed by atoms with Gasteiger partial charge in [0.2, 0.25) is 5.91 Å². The maximum atomic E-state index is 11.4. The zero-order valence-corrected chi connectivity index (χ0v) is 11.1. The highest BCUT2D eigenvalue weighted by atomic mass is 32.1. The average Bonchev–Trinajstić information content (AvgIpc) is 2.81. The summed E-state index contributed by atoms with van der Waals surface area (Å²) >= 11 is 1.16. The van der Waals surface area contributed by atoms with E-state index < -0.39 is 5.97 Å². The van der Waals surface area contributed by atoms with Gasteiger partial charge in [0.05, 0.1) is 6.54 Å². The Bertz CT molecular complexity index is 403. The molecule has 2 N–H and O–H groups in total. The molecule has 0 bridgehead atoms. The Morgan fingerprint density at radius 2 is 2.22 bits per heavy atom. The van der Waals surface area contributed by atoms with E-state index in [1.165, 1.54) is 6.07 Å². The number of amides is 1. The molecule has 0 aliphatic heterocycles. The van der Waals surface area contributed by atoms with Crippen molar-refractivity contribution in [1.82, 2.24) is 5.32 Å². The fourth-order valence-corrected chi connectivity index (χ4v) is 2.02. The summed E-state index contributed by atoms with van der Waals surface area (Å²) in [6.07, 6.45) is 1.98. The Kier molecular flexibility index (Phi) is 6.38. The molecule has 0 saturated carbocycles. The molecule has 0 aliphatic rings. The molecule has 0 aromatic carbocycles. The summed E-state index contributed by atoms with van der Waals surface area (Å²) in [7, 11) is 0. The van der Waals surface area contributed by atoms with Gasteiger partial charge in [0.1, 0.15) is 11.5 Å². The van der Waals surface area contributed by atoms with Gasteiger partial charge in [-0.3, -0.25) is 4.79 Å². The third kappa shape index (κ3) is 5.29. The smallest absolute Gasteiger partial charge is 0.345 e. The van der Waals surface area contributed by atoms with Gasteiger partial charge in [0.15, 0.2) is 0 Å². The predicted molar refractivity (Wildman–Crippen MR) is 68.9 cm³/mol. The van der Waals surface area contributed by atoms with Crippen LogP contribution in [0.1, 0.15) is 34.3 Å². The third-order valence-electron chi connectivity index (χ3n) is 2.21. The number of hydrogen-bond acceptors (Lipinski definition) is 4. The molecule has 1 aromatic heterocycles. The van der Waals surface area contributed by atoms with Crippen molar-refractivity contribution in [2.45, 2.75) is 26.3 Å². The molecule has 0 fully saturated rings. The molecule has 6 heteroatoms. The lowest BCUT2D eigenvalue weighted by atomic mass is 10.4. The van der Waals surface area contributed by atoms with E-state index in [9.17, 15) is 9.59 Å². The molecule has 0 radical (unpaired) electrons. The lowest BCUT2D eigenvalue weighted by Crippen LogP contribution is -2.26. The second-order valence-corrected chi connectivity index (χ2v) is 4.92. The topological polar surface area (TPSA) is 75.6 Å². The van der Waals surface area contributed by atoms with Crippen LogP contribution in [0.25, 0.3) is 0 Å². The summed E-state index contributed by atoms with van der Waals surface area (Å²) in [6.45, 7) is 3.04. The number of carbonyl (C=O) groups is 2. The van der Waals surface area contributed by atoms with Gasteiger partial charge < -0.3 is 15.2 Å². The monoisotopic (exact) mass is 271 g/mol. The van der Waals surface area contributed by atoms with Crippen molar-refractivity contribution in [2.24, 2.45) is 0 Å². The van der Waals surface area contributed by atoms with E-state index in [-0.39, 0.29) is 17.4 Å². The van der Waals surface area contributed by atoms with E-state index in [4.69, 9.17) is 9.84 Å². The zero-order valence-electron chi connectivity index (χ0n) is 10.3. The minimum atomic E-state index is -0.944. The third-order valence-corrected chi connectivity index (χ3v) is 3.28. The Balaban J connectivity index is 2.23. The Hall–Kier alpha value is -1.40. The Morgan fingerprint density at radius 3 is 2.83 bits per heavy atom. The minimum Gasteiger partial charge on any atom is -0.477 e. The first-order valence-corrected chi connectivity index (χ1v) is 6.61. The number of hydrogen-bond donors (Lipinski definition) is 2. The van der Waals surface area contributed by atoms with Crippen molar-refractivity contribution in [3.8, 4) is 0 Å². The van der Waals surface area contributed by atoms with Crippen LogP contribution in [-0.4, -0.2) is 30.2 Å². The molecule has 0 spiro atoms. The molecular weight excluding hydrogens is 254 g/mol. The molecule has 5 nitrogen and oxygen atoms in total. The summed E-state index contributed by atoms with van der Waals surface area (Å²) in [5, 5.41) is 11.4. The van der Waals surface area contributed by atoms with Crippen LogP contribution >= 0.6 is 11.3 Å². The molecule has 1 aromatic rings. The zero-order chi connectivity index (χ0) is 13.4. The maximum absolute atomic E-state index is 11.4.